The molecule has 2 aromatic heterocycles. The zero-order chi connectivity index (χ0) is 13.8. The van der Waals surface area contributed by atoms with Gasteiger partial charge in [-0.3, -0.25) is 4.79 Å². The molecule has 98 valence electrons. The third-order valence-electron chi connectivity index (χ3n) is 2.36. The molecule has 0 saturated heterocycles. The standard InChI is InChI=1S/C12H10ClFN4O/c1-15-11-9(14)7(4-6-17-11)12(19)18-10-8(13)3-2-5-16-10/h2-6H,1H3,(H,15,17)(H,16,18,19). The molecule has 2 aromatic rings. The Balaban J connectivity index is 2.28. The lowest BCUT2D eigenvalue weighted by molar-refractivity contribution is 0.102. The first-order valence-corrected chi connectivity index (χ1v) is 5.75. The first-order valence-electron chi connectivity index (χ1n) is 5.37. The van der Waals surface area contributed by atoms with Crippen molar-refractivity contribution in [2.24, 2.45) is 0 Å². The topological polar surface area (TPSA) is 66.9 Å². The lowest BCUT2D eigenvalue weighted by Gasteiger charge is -2.08. The van der Waals surface area contributed by atoms with Crippen LogP contribution in [0.3, 0.4) is 0 Å². The van der Waals surface area contributed by atoms with Crippen molar-refractivity contribution in [1.29, 1.82) is 0 Å². The van der Waals surface area contributed by atoms with Crippen molar-refractivity contribution in [3.63, 3.8) is 0 Å². The number of amides is 1. The van der Waals surface area contributed by atoms with Gasteiger partial charge in [0.2, 0.25) is 0 Å². The first-order chi connectivity index (χ1) is 9.13. The van der Waals surface area contributed by atoms with E-state index in [1.165, 1.54) is 25.5 Å². The van der Waals surface area contributed by atoms with E-state index in [-0.39, 0.29) is 22.2 Å². The van der Waals surface area contributed by atoms with Crippen molar-refractivity contribution >= 4 is 29.1 Å². The van der Waals surface area contributed by atoms with E-state index in [4.69, 9.17) is 11.6 Å². The van der Waals surface area contributed by atoms with Crippen molar-refractivity contribution < 1.29 is 9.18 Å². The molecule has 0 bridgehead atoms. The Hall–Kier alpha value is -2.21. The monoisotopic (exact) mass is 280 g/mol. The van der Waals surface area contributed by atoms with E-state index in [0.29, 0.717) is 0 Å². The molecule has 0 aliphatic carbocycles. The smallest absolute Gasteiger partial charge is 0.260 e. The summed E-state index contributed by atoms with van der Waals surface area (Å²) in [4.78, 5) is 19.6. The van der Waals surface area contributed by atoms with Crippen LogP contribution < -0.4 is 10.6 Å². The van der Waals surface area contributed by atoms with E-state index in [9.17, 15) is 9.18 Å². The number of pyridine rings is 2. The molecule has 0 unspecified atom stereocenters. The molecule has 0 aliphatic heterocycles. The van der Waals surface area contributed by atoms with E-state index in [0.717, 1.165) is 0 Å². The molecule has 0 aliphatic rings. The van der Waals surface area contributed by atoms with Gasteiger partial charge < -0.3 is 10.6 Å². The normalized spacial score (nSPS) is 10.1. The second-order valence-corrected chi connectivity index (χ2v) is 3.97. The molecule has 2 rings (SSSR count). The molecule has 7 heteroatoms. The van der Waals surface area contributed by atoms with Crippen LogP contribution in [0.5, 0.6) is 0 Å². The highest BCUT2D eigenvalue weighted by atomic mass is 35.5. The maximum atomic E-state index is 13.9. The first kappa shape index (κ1) is 13.2. The van der Waals surface area contributed by atoms with Gasteiger partial charge in [-0.2, -0.15) is 0 Å². The van der Waals surface area contributed by atoms with Crippen LogP contribution in [0.25, 0.3) is 0 Å². The van der Waals surface area contributed by atoms with Gasteiger partial charge in [0.1, 0.15) is 0 Å². The molecule has 2 N–H and O–H groups in total. The highest BCUT2D eigenvalue weighted by Crippen LogP contribution is 2.20. The van der Waals surface area contributed by atoms with Gasteiger partial charge in [-0.1, -0.05) is 11.6 Å². The molecular formula is C12H10ClFN4O. The summed E-state index contributed by atoms with van der Waals surface area (Å²) in [5.74, 6) is -1.19. The number of anilines is 2. The molecule has 0 radical (unpaired) electrons. The van der Waals surface area contributed by atoms with Crippen LogP contribution in [0.15, 0.2) is 30.6 Å². The van der Waals surface area contributed by atoms with Gasteiger partial charge in [-0.05, 0) is 18.2 Å². The fourth-order valence-corrected chi connectivity index (χ4v) is 1.61. The quantitative estimate of drug-likeness (QED) is 0.907. The predicted molar refractivity (Wildman–Crippen MR) is 70.9 cm³/mol. The Labute approximate surface area is 113 Å². The third kappa shape index (κ3) is 2.79. The van der Waals surface area contributed by atoms with E-state index in [1.54, 1.807) is 12.1 Å². The number of rotatable bonds is 3. The summed E-state index contributed by atoms with van der Waals surface area (Å²) in [6, 6.07) is 4.48. The minimum atomic E-state index is -0.727. The lowest BCUT2D eigenvalue weighted by Crippen LogP contribution is -2.16. The van der Waals surface area contributed by atoms with E-state index in [1.807, 2.05) is 0 Å². The number of aromatic nitrogens is 2. The van der Waals surface area contributed by atoms with Crippen LogP contribution in [0.1, 0.15) is 10.4 Å². The molecule has 0 atom stereocenters. The lowest BCUT2D eigenvalue weighted by atomic mass is 10.2. The van der Waals surface area contributed by atoms with Gasteiger partial charge in [0.25, 0.3) is 5.91 Å². The number of hydrogen-bond donors (Lipinski definition) is 2. The van der Waals surface area contributed by atoms with Gasteiger partial charge in [0.15, 0.2) is 17.5 Å². The molecule has 0 fully saturated rings. The van der Waals surface area contributed by atoms with Crippen molar-refractivity contribution in [3.8, 4) is 0 Å². The minimum Gasteiger partial charge on any atom is -0.371 e. The van der Waals surface area contributed by atoms with Crippen LogP contribution in [-0.4, -0.2) is 22.9 Å². The van der Waals surface area contributed by atoms with Crippen LogP contribution in [0.2, 0.25) is 5.02 Å². The SMILES string of the molecule is CNc1nccc(C(=O)Nc2ncccc2Cl)c1F. The highest BCUT2D eigenvalue weighted by Gasteiger charge is 2.16. The molecular weight excluding hydrogens is 271 g/mol. The van der Waals surface area contributed by atoms with Crippen LogP contribution in [0.4, 0.5) is 16.0 Å². The van der Waals surface area contributed by atoms with Crippen LogP contribution in [-0.2, 0) is 0 Å². The van der Waals surface area contributed by atoms with E-state index < -0.39 is 11.7 Å². The number of nitrogens with zero attached hydrogens (tertiary/aromatic N) is 2. The highest BCUT2D eigenvalue weighted by molar-refractivity contribution is 6.33. The van der Waals surface area contributed by atoms with Crippen molar-refractivity contribution in [3.05, 3.63) is 47.0 Å². The molecule has 19 heavy (non-hydrogen) atoms. The Morgan fingerprint density at radius 1 is 1.26 bits per heavy atom. The van der Waals surface area contributed by atoms with Crippen molar-refractivity contribution in [2.75, 3.05) is 17.7 Å². The maximum absolute atomic E-state index is 13.9. The van der Waals surface area contributed by atoms with Gasteiger partial charge in [-0.15, -0.1) is 0 Å². The average molecular weight is 281 g/mol. The summed E-state index contributed by atoms with van der Waals surface area (Å²) in [7, 11) is 1.52. The van der Waals surface area contributed by atoms with Crippen LogP contribution in [0, 0.1) is 5.82 Å². The molecule has 0 aromatic carbocycles. The maximum Gasteiger partial charge on any atom is 0.260 e. The zero-order valence-electron chi connectivity index (χ0n) is 9.95. The molecule has 0 saturated carbocycles. The van der Waals surface area contributed by atoms with Gasteiger partial charge in [-0.25, -0.2) is 14.4 Å². The Morgan fingerprint density at radius 2 is 2.00 bits per heavy atom. The summed E-state index contributed by atoms with van der Waals surface area (Å²) < 4.78 is 13.9. The molecule has 2 heterocycles. The van der Waals surface area contributed by atoms with Crippen LogP contribution >= 0.6 is 11.6 Å². The summed E-state index contributed by atoms with van der Waals surface area (Å²) in [6.45, 7) is 0. The van der Waals surface area contributed by atoms with Gasteiger partial charge in [0.05, 0.1) is 10.6 Å². The number of nitrogens with one attached hydrogen (secondary N) is 2. The van der Waals surface area contributed by atoms with Crippen molar-refractivity contribution in [1.82, 2.24) is 9.97 Å². The summed E-state index contributed by atoms with van der Waals surface area (Å²) in [5.41, 5.74) is -0.138. The van der Waals surface area contributed by atoms with E-state index >= 15 is 0 Å². The second-order valence-electron chi connectivity index (χ2n) is 3.56. The van der Waals surface area contributed by atoms with Crippen molar-refractivity contribution in [2.45, 2.75) is 0 Å². The Kier molecular flexibility index (Phi) is 3.91. The summed E-state index contributed by atoms with van der Waals surface area (Å²) in [5, 5.41) is 5.28. The molecule has 1 amide bonds. The number of carbonyl (C=O) groups is 1. The number of carbonyl (C=O) groups excluding carboxylic acids is 1. The number of hydrogen-bond acceptors (Lipinski definition) is 4. The van der Waals surface area contributed by atoms with Gasteiger partial charge >= 0.3 is 0 Å². The van der Waals surface area contributed by atoms with Gasteiger partial charge in [0, 0.05) is 19.4 Å². The number of halogens is 2. The Morgan fingerprint density at radius 3 is 2.68 bits per heavy atom. The molecule has 5 nitrogen and oxygen atoms in total. The summed E-state index contributed by atoms with van der Waals surface area (Å²) in [6.07, 6.45) is 2.81. The fraction of sp³-hybridized carbons (Fsp3) is 0.0833. The minimum absolute atomic E-state index is 0.000215. The Bertz CT molecular complexity index is 620. The third-order valence-corrected chi connectivity index (χ3v) is 2.67. The fourth-order valence-electron chi connectivity index (χ4n) is 1.45. The second kappa shape index (κ2) is 5.62. The van der Waals surface area contributed by atoms with E-state index in [2.05, 4.69) is 20.6 Å². The average Bonchev–Trinajstić information content (AvgIpc) is 2.41. The molecule has 0 spiro atoms. The largest absolute Gasteiger partial charge is 0.371 e. The predicted octanol–water partition coefficient (Wildman–Crippen LogP) is 2.56. The summed E-state index contributed by atoms with van der Waals surface area (Å²) >= 11 is 5.86. The zero-order valence-corrected chi connectivity index (χ0v) is 10.7.